The number of rotatable bonds is 5. The van der Waals surface area contributed by atoms with E-state index in [1.54, 1.807) is 18.2 Å². The van der Waals surface area contributed by atoms with Crippen LogP contribution in [-0.4, -0.2) is 18.9 Å². The highest BCUT2D eigenvalue weighted by molar-refractivity contribution is 5.28. The molecule has 0 spiro atoms. The summed E-state index contributed by atoms with van der Waals surface area (Å²) in [6.07, 6.45) is 2.14. The van der Waals surface area contributed by atoms with Crippen LogP contribution in [0.4, 0.5) is 13.2 Å². The Kier molecular flexibility index (Phi) is 4.62. The smallest absolute Gasteiger partial charge is 0.411 e. The van der Waals surface area contributed by atoms with Crippen molar-refractivity contribution in [2.45, 2.75) is 51.0 Å². The molecule has 0 N–H and O–H groups in total. The standard InChI is InChI=1S/C17H21F3O2/c18-17(19,20)11-21-10-14-2-1-3-15(9-14)22-16-7-12-4-5-13(6-12)8-16/h1-3,9,12-13,16H,4-8,10-11H2/t12-,13+,16-. The van der Waals surface area contributed by atoms with Crippen LogP contribution in [0.25, 0.3) is 0 Å². The van der Waals surface area contributed by atoms with E-state index in [0.29, 0.717) is 5.56 Å². The van der Waals surface area contributed by atoms with Crippen molar-refractivity contribution in [3.8, 4) is 5.75 Å². The molecular formula is C17H21F3O2. The van der Waals surface area contributed by atoms with Crippen molar-refractivity contribution < 1.29 is 22.6 Å². The molecule has 0 aromatic heterocycles. The summed E-state index contributed by atoms with van der Waals surface area (Å²) in [6, 6.07) is 7.21. The van der Waals surface area contributed by atoms with Gasteiger partial charge in [-0.15, -0.1) is 0 Å². The van der Waals surface area contributed by atoms with Crippen LogP contribution >= 0.6 is 0 Å². The Morgan fingerprint density at radius 1 is 1.05 bits per heavy atom. The molecule has 2 nitrogen and oxygen atoms in total. The minimum Gasteiger partial charge on any atom is -0.490 e. The first-order valence-corrected chi connectivity index (χ1v) is 7.88. The summed E-state index contributed by atoms with van der Waals surface area (Å²) in [5.74, 6) is 2.32. The van der Waals surface area contributed by atoms with E-state index in [-0.39, 0.29) is 12.7 Å². The van der Waals surface area contributed by atoms with E-state index in [9.17, 15) is 13.2 Å². The molecule has 1 aromatic rings. The van der Waals surface area contributed by atoms with Gasteiger partial charge in [-0.3, -0.25) is 0 Å². The van der Waals surface area contributed by atoms with Crippen LogP contribution in [0.1, 0.15) is 37.7 Å². The fraction of sp³-hybridized carbons (Fsp3) is 0.647. The van der Waals surface area contributed by atoms with Crippen LogP contribution in [0, 0.1) is 11.8 Å². The maximum atomic E-state index is 12.1. The molecule has 3 atom stereocenters. The largest absolute Gasteiger partial charge is 0.490 e. The van der Waals surface area contributed by atoms with Gasteiger partial charge in [-0.05, 0) is 48.8 Å². The van der Waals surface area contributed by atoms with Gasteiger partial charge < -0.3 is 9.47 Å². The molecular weight excluding hydrogens is 293 g/mol. The zero-order valence-corrected chi connectivity index (χ0v) is 12.4. The average molecular weight is 314 g/mol. The molecule has 122 valence electrons. The normalized spacial score (nSPS) is 27.9. The molecule has 2 saturated carbocycles. The Balaban J connectivity index is 1.52. The summed E-state index contributed by atoms with van der Waals surface area (Å²) in [7, 11) is 0. The number of alkyl halides is 3. The molecule has 0 radical (unpaired) electrons. The van der Waals surface area contributed by atoms with Gasteiger partial charge in [0.05, 0.1) is 12.7 Å². The molecule has 0 heterocycles. The molecule has 0 saturated heterocycles. The van der Waals surface area contributed by atoms with Crippen molar-refractivity contribution in [3.63, 3.8) is 0 Å². The van der Waals surface area contributed by atoms with Gasteiger partial charge in [-0.2, -0.15) is 13.2 Å². The number of hydrogen-bond acceptors (Lipinski definition) is 2. The zero-order chi connectivity index (χ0) is 15.6. The van der Waals surface area contributed by atoms with Crippen molar-refractivity contribution in [2.75, 3.05) is 6.61 Å². The molecule has 2 bridgehead atoms. The number of ether oxygens (including phenoxy) is 2. The van der Waals surface area contributed by atoms with Gasteiger partial charge in [0.2, 0.25) is 0 Å². The molecule has 3 rings (SSSR count). The topological polar surface area (TPSA) is 18.5 Å². The van der Waals surface area contributed by atoms with Gasteiger partial charge in [0.15, 0.2) is 0 Å². The number of hydrogen-bond donors (Lipinski definition) is 0. The monoisotopic (exact) mass is 314 g/mol. The third-order valence-corrected chi connectivity index (χ3v) is 4.58. The number of fused-ring (bicyclic) bond motifs is 2. The van der Waals surface area contributed by atoms with Gasteiger partial charge in [0.1, 0.15) is 12.4 Å². The first-order valence-electron chi connectivity index (χ1n) is 7.88. The average Bonchev–Trinajstić information content (AvgIpc) is 2.77. The second-order valence-corrected chi connectivity index (χ2v) is 6.51. The molecule has 1 aromatic carbocycles. The summed E-state index contributed by atoms with van der Waals surface area (Å²) in [5, 5.41) is 0. The molecule has 0 aliphatic heterocycles. The summed E-state index contributed by atoms with van der Waals surface area (Å²) < 4.78 is 47.0. The van der Waals surface area contributed by atoms with Gasteiger partial charge >= 0.3 is 6.18 Å². The highest BCUT2D eigenvalue weighted by Gasteiger charge is 2.35. The Morgan fingerprint density at radius 2 is 1.77 bits per heavy atom. The Morgan fingerprint density at radius 3 is 2.45 bits per heavy atom. The lowest BCUT2D eigenvalue weighted by Gasteiger charge is -2.28. The highest BCUT2D eigenvalue weighted by Crippen LogP contribution is 2.43. The lowest BCUT2D eigenvalue weighted by molar-refractivity contribution is -0.176. The summed E-state index contributed by atoms with van der Waals surface area (Å²) in [4.78, 5) is 0. The molecule has 2 fully saturated rings. The van der Waals surface area contributed by atoms with Gasteiger partial charge in [0, 0.05) is 0 Å². The highest BCUT2D eigenvalue weighted by atomic mass is 19.4. The van der Waals surface area contributed by atoms with Gasteiger partial charge in [0.25, 0.3) is 0 Å². The number of benzene rings is 1. The van der Waals surface area contributed by atoms with Crippen LogP contribution in [0.15, 0.2) is 24.3 Å². The second-order valence-electron chi connectivity index (χ2n) is 6.51. The molecule has 2 aliphatic rings. The molecule has 0 unspecified atom stereocenters. The summed E-state index contributed by atoms with van der Waals surface area (Å²) in [5.41, 5.74) is 0.709. The van der Waals surface area contributed by atoms with Crippen LogP contribution in [0.2, 0.25) is 0 Å². The van der Waals surface area contributed by atoms with Crippen LogP contribution < -0.4 is 4.74 Å². The molecule has 0 amide bonds. The second kappa shape index (κ2) is 6.49. The molecule has 22 heavy (non-hydrogen) atoms. The third-order valence-electron chi connectivity index (χ3n) is 4.58. The van der Waals surface area contributed by atoms with Crippen molar-refractivity contribution in [1.29, 1.82) is 0 Å². The minimum absolute atomic E-state index is 0.0490. The van der Waals surface area contributed by atoms with E-state index in [1.807, 2.05) is 6.07 Å². The summed E-state index contributed by atoms with van der Waals surface area (Å²) >= 11 is 0. The van der Waals surface area contributed by atoms with Crippen molar-refractivity contribution in [1.82, 2.24) is 0 Å². The maximum Gasteiger partial charge on any atom is 0.411 e. The Labute approximate surface area is 128 Å². The molecule has 5 heteroatoms. The fourth-order valence-corrected chi connectivity index (χ4v) is 3.73. The van der Waals surface area contributed by atoms with E-state index in [0.717, 1.165) is 30.4 Å². The van der Waals surface area contributed by atoms with E-state index in [2.05, 4.69) is 0 Å². The number of halogens is 3. The van der Waals surface area contributed by atoms with Crippen molar-refractivity contribution in [3.05, 3.63) is 29.8 Å². The van der Waals surface area contributed by atoms with Gasteiger partial charge in [-0.1, -0.05) is 25.0 Å². The SMILES string of the molecule is FC(F)(F)COCc1cccc(O[C@@H]2C[C@@H]3CC[C@@H](C3)C2)c1. The lowest BCUT2D eigenvalue weighted by atomic mass is 9.87. The molecule has 2 aliphatic carbocycles. The minimum atomic E-state index is -4.28. The quantitative estimate of drug-likeness (QED) is 0.782. The van der Waals surface area contributed by atoms with E-state index >= 15 is 0 Å². The van der Waals surface area contributed by atoms with E-state index < -0.39 is 12.8 Å². The van der Waals surface area contributed by atoms with Crippen LogP contribution in [-0.2, 0) is 11.3 Å². The van der Waals surface area contributed by atoms with Crippen molar-refractivity contribution >= 4 is 0 Å². The predicted molar refractivity (Wildman–Crippen MR) is 76.6 cm³/mol. The predicted octanol–water partition coefficient (Wildman–Crippen LogP) is 4.72. The Hall–Kier alpha value is -1.23. The van der Waals surface area contributed by atoms with Crippen LogP contribution in [0.5, 0.6) is 5.75 Å². The van der Waals surface area contributed by atoms with E-state index in [4.69, 9.17) is 9.47 Å². The summed E-state index contributed by atoms with van der Waals surface area (Å²) in [6.45, 7) is -1.27. The Bertz CT molecular complexity index is 489. The third kappa shape index (κ3) is 4.38. The van der Waals surface area contributed by atoms with E-state index in [1.165, 1.54) is 19.3 Å². The first kappa shape index (κ1) is 15.7. The van der Waals surface area contributed by atoms with Crippen LogP contribution in [0.3, 0.4) is 0 Å². The maximum absolute atomic E-state index is 12.1. The first-order chi connectivity index (χ1) is 10.5. The van der Waals surface area contributed by atoms with Gasteiger partial charge in [-0.25, -0.2) is 0 Å². The fourth-order valence-electron chi connectivity index (χ4n) is 3.73. The van der Waals surface area contributed by atoms with Crippen molar-refractivity contribution in [2.24, 2.45) is 11.8 Å². The zero-order valence-electron chi connectivity index (χ0n) is 12.4. The lowest BCUT2D eigenvalue weighted by Crippen LogP contribution is -2.26.